The van der Waals surface area contributed by atoms with E-state index in [-0.39, 0.29) is 17.9 Å². The number of hydrogen-bond donors (Lipinski definition) is 1. The van der Waals surface area contributed by atoms with Gasteiger partial charge in [0.15, 0.2) is 6.61 Å². The van der Waals surface area contributed by atoms with Gasteiger partial charge in [0.25, 0.3) is 11.8 Å². The van der Waals surface area contributed by atoms with Gasteiger partial charge < -0.3 is 4.74 Å². The van der Waals surface area contributed by atoms with Crippen LogP contribution in [0, 0.1) is 14.9 Å². The molecule has 0 aromatic heterocycles. The number of nitrogens with zero attached hydrogens (tertiary/aromatic N) is 2. The van der Waals surface area contributed by atoms with Crippen molar-refractivity contribution in [1.29, 1.82) is 5.26 Å². The third kappa shape index (κ3) is 4.60. The van der Waals surface area contributed by atoms with Crippen LogP contribution in [0.2, 0.25) is 5.02 Å². The van der Waals surface area contributed by atoms with E-state index >= 15 is 0 Å². The average molecular weight is 587 g/mol. The number of nitriles is 1. The van der Waals surface area contributed by atoms with Crippen molar-refractivity contribution in [2.24, 2.45) is 0 Å². The van der Waals surface area contributed by atoms with Crippen LogP contribution < -0.4 is 15.0 Å². The van der Waals surface area contributed by atoms with Gasteiger partial charge in [-0.2, -0.15) is 5.26 Å². The van der Waals surface area contributed by atoms with Gasteiger partial charge in [0.2, 0.25) is 0 Å². The van der Waals surface area contributed by atoms with Gasteiger partial charge in [0.05, 0.1) is 13.7 Å². The molecule has 0 atom stereocenters. The van der Waals surface area contributed by atoms with Crippen LogP contribution in [0.5, 0.6) is 5.75 Å². The first-order chi connectivity index (χ1) is 13.8. The van der Waals surface area contributed by atoms with Crippen molar-refractivity contribution < 1.29 is 19.1 Å². The normalized spacial score (nSPS) is 15.3. The molecule has 0 unspecified atom stereocenters. The molecule has 0 saturated carbocycles. The van der Waals surface area contributed by atoms with Crippen LogP contribution in [0.3, 0.4) is 0 Å². The van der Waals surface area contributed by atoms with E-state index in [0.29, 0.717) is 24.4 Å². The standard InChI is InChI=1S/C19H10BrClIN3O4/c20-14-8-10(9-15(22)16(14)29-6-5-23)7-13-17(26)24-19(28)25(18(13)27)12-3-1-11(21)2-4-12/h1-4,7-9H,6H2,(H,24,26,28)/b13-7+. The number of amides is 4. The largest absolute Gasteiger partial charge is 0.476 e. The smallest absolute Gasteiger partial charge is 0.335 e. The summed E-state index contributed by atoms with van der Waals surface area (Å²) in [5, 5.41) is 11.3. The van der Waals surface area contributed by atoms with Gasteiger partial charge >= 0.3 is 6.03 Å². The van der Waals surface area contributed by atoms with Crippen molar-refractivity contribution in [3.8, 4) is 11.8 Å². The van der Waals surface area contributed by atoms with E-state index in [2.05, 4.69) is 21.2 Å². The van der Waals surface area contributed by atoms with Crippen molar-refractivity contribution in [3.05, 3.63) is 60.6 Å². The van der Waals surface area contributed by atoms with Gasteiger partial charge in [0.1, 0.15) is 17.4 Å². The second-order valence-corrected chi connectivity index (χ2v) is 8.15. The van der Waals surface area contributed by atoms with Gasteiger partial charge in [-0.05, 0) is 86.6 Å². The van der Waals surface area contributed by atoms with E-state index in [1.807, 2.05) is 28.7 Å². The Balaban J connectivity index is 1.98. The first-order valence-corrected chi connectivity index (χ1v) is 10.2. The molecule has 1 aliphatic rings. The molecule has 29 heavy (non-hydrogen) atoms. The van der Waals surface area contributed by atoms with E-state index in [0.717, 1.165) is 4.90 Å². The Hall–Kier alpha value is -2.42. The highest BCUT2D eigenvalue weighted by molar-refractivity contribution is 14.1. The SMILES string of the molecule is N#CCOc1c(Br)cc(/C=C2\C(=O)NC(=O)N(c3ccc(Cl)cc3)C2=O)cc1I. The van der Waals surface area contributed by atoms with Crippen molar-refractivity contribution in [3.63, 3.8) is 0 Å². The lowest BCUT2D eigenvalue weighted by Gasteiger charge is -2.26. The zero-order valence-electron chi connectivity index (χ0n) is 14.4. The molecule has 4 amide bonds. The van der Waals surface area contributed by atoms with Crippen LogP contribution in [0.25, 0.3) is 6.08 Å². The van der Waals surface area contributed by atoms with Crippen LogP contribution in [-0.2, 0) is 9.59 Å². The van der Waals surface area contributed by atoms with Crippen LogP contribution in [0.15, 0.2) is 46.4 Å². The number of hydrogen-bond acceptors (Lipinski definition) is 5. The molecule has 1 fully saturated rings. The number of nitrogens with one attached hydrogen (secondary N) is 1. The highest BCUT2D eigenvalue weighted by Crippen LogP contribution is 2.33. The van der Waals surface area contributed by atoms with E-state index in [1.165, 1.54) is 30.3 Å². The summed E-state index contributed by atoms with van der Waals surface area (Å²) in [6.07, 6.45) is 1.38. The highest BCUT2D eigenvalue weighted by atomic mass is 127. The Morgan fingerprint density at radius 2 is 1.93 bits per heavy atom. The van der Waals surface area contributed by atoms with E-state index in [1.54, 1.807) is 12.1 Å². The number of urea groups is 1. The fraction of sp³-hybridized carbons (Fsp3) is 0.0526. The molecular weight excluding hydrogens is 576 g/mol. The number of imide groups is 2. The number of ether oxygens (including phenoxy) is 1. The molecule has 0 bridgehead atoms. The quantitative estimate of drug-likeness (QED) is 0.328. The molecule has 7 nitrogen and oxygen atoms in total. The Morgan fingerprint density at radius 3 is 2.55 bits per heavy atom. The lowest BCUT2D eigenvalue weighted by molar-refractivity contribution is -0.122. The summed E-state index contributed by atoms with van der Waals surface area (Å²) in [7, 11) is 0. The second-order valence-electron chi connectivity index (χ2n) is 5.69. The monoisotopic (exact) mass is 585 g/mol. The fourth-order valence-electron chi connectivity index (χ4n) is 2.55. The second kappa shape index (κ2) is 8.94. The highest BCUT2D eigenvalue weighted by Gasteiger charge is 2.36. The molecule has 1 heterocycles. The summed E-state index contributed by atoms with van der Waals surface area (Å²) >= 11 is 11.2. The number of carbonyl (C=O) groups excluding carboxylic acids is 3. The van der Waals surface area contributed by atoms with Gasteiger partial charge in [-0.3, -0.25) is 14.9 Å². The summed E-state index contributed by atoms with van der Waals surface area (Å²) in [5.41, 5.74) is 0.619. The molecule has 2 aromatic rings. The lowest BCUT2D eigenvalue weighted by Crippen LogP contribution is -2.54. The summed E-state index contributed by atoms with van der Waals surface area (Å²) in [6.45, 7) is -0.117. The minimum Gasteiger partial charge on any atom is -0.476 e. The van der Waals surface area contributed by atoms with Crippen LogP contribution in [0.1, 0.15) is 5.56 Å². The molecule has 0 spiro atoms. The summed E-state index contributed by atoms with van der Waals surface area (Å²) in [6, 6.07) is 10.5. The molecule has 0 aliphatic carbocycles. The molecule has 10 heteroatoms. The van der Waals surface area contributed by atoms with Gasteiger partial charge in [-0.1, -0.05) is 11.6 Å². The van der Waals surface area contributed by atoms with Gasteiger partial charge in [-0.25, -0.2) is 9.69 Å². The Kier molecular flexibility index (Phi) is 6.56. The maximum atomic E-state index is 12.9. The third-order valence-electron chi connectivity index (χ3n) is 3.80. The topological polar surface area (TPSA) is 99.5 Å². The summed E-state index contributed by atoms with van der Waals surface area (Å²) in [5.74, 6) is -1.06. The number of barbiturate groups is 1. The average Bonchev–Trinajstić information content (AvgIpc) is 2.66. The number of anilines is 1. The predicted molar refractivity (Wildman–Crippen MR) is 118 cm³/mol. The molecule has 1 N–H and O–H groups in total. The van der Waals surface area contributed by atoms with Crippen molar-refractivity contribution >= 4 is 79.7 Å². The number of halogens is 3. The maximum Gasteiger partial charge on any atom is 0.335 e. The Labute approximate surface area is 192 Å². The predicted octanol–water partition coefficient (Wildman–Crippen LogP) is 4.28. The Bertz CT molecular complexity index is 1070. The molecule has 0 radical (unpaired) electrons. The fourth-order valence-corrected chi connectivity index (χ4v) is 4.45. The summed E-state index contributed by atoms with van der Waals surface area (Å²) < 4.78 is 6.59. The maximum absolute atomic E-state index is 12.9. The van der Waals surface area contributed by atoms with Crippen molar-refractivity contribution in [2.45, 2.75) is 0 Å². The van der Waals surface area contributed by atoms with Crippen LogP contribution in [-0.4, -0.2) is 24.5 Å². The number of carbonyl (C=O) groups is 3. The molecule has 1 aliphatic heterocycles. The van der Waals surface area contributed by atoms with E-state index in [4.69, 9.17) is 21.6 Å². The minimum atomic E-state index is -0.838. The van der Waals surface area contributed by atoms with Crippen molar-refractivity contribution in [2.75, 3.05) is 11.5 Å². The zero-order valence-corrected chi connectivity index (χ0v) is 18.9. The molecule has 146 valence electrons. The van der Waals surface area contributed by atoms with Crippen molar-refractivity contribution in [1.82, 2.24) is 5.32 Å². The number of benzene rings is 2. The first kappa shape index (κ1) is 21.3. The Morgan fingerprint density at radius 1 is 1.24 bits per heavy atom. The van der Waals surface area contributed by atoms with Gasteiger partial charge in [-0.15, -0.1) is 0 Å². The van der Waals surface area contributed by atoms with E-state index < -0.39 is 17.8 Å². The third-order valence-corrected chi connectivity index (χ3v) is 5.44. The molecular formula is C19H10BrClIN3O4. The van der Waals surface area contributed by atoms with Gasteiger partial charge in [0, 0.05) is 5.02 Å². The molecule has 3 rings (SSSR count). The molecule has 2 aromatic carbocycles. The first-order valence-electron chi connectivity index (χ1n) is 7.97. The number of rotatable bonds is 4. The minimum absolute atomic E-state index is 0.117. The zero-order chi connectivity index (χ0) is 21.1. The van der Waals surface area contributed by atoms with Crippen LogP contribution >= 0.6 is 50.1 Å². The lowest BCUT2D eigenvalue weighted by atomic mass is 10.1. The van der Waals surface area contributed by atoms with E-state index in [9.17, 15) is 14.4 Å². The summed E-state index contributed by atoms with van der Waals surface area (Å²) in [4.78, 5) is 38.3. The molecule has 1 saturated heterocycles. The van der Waals surface area contributed by atoms with Crippen LogP contribution in [0.4, 0.5) is 10.5 Å².